The third-order valence-electron chi connectivity index (χ3n) is 10.0. The molecule has 0 saturated carbocycles. The van der Waals surface area contributed by atoms with Crippen molar-refractivity contribution in [3.63, 3.8) is 0 Å². The van der Waals surface area contributed by atoms with E-state index >= 15 is 0 Å². The number of benzene rings is 4. The lowest BCUT2D eigenvalue weighted by Crippen LogP contribution is -2.38. The maximum atomic E-state index is 12.7. The van der Waals surface area contributed by atoms with Crippen molar-refractivity contribution in [3.8, 4) is 40.2 Å². The van der Waals surface area contributed by atoms with Gasteiger partial charge in [-0.05, 0) is 79.4 Å². The molecule has 0 aromatic heterocycles. The number of unbranched alkanes of at least 4 members (excludes halogenated alkanes) is 6. The summed E-state index contributed by atoms with van der Waals surface area (Å²) in [6.45, 7) is 3.19. The van der Waals surface area contributed by atoms with E-state index in [2.05, 4.69) is 15.8 Å². The molecule has 2 N–H and O–H groups in total. The number of oxime groups is 1. The summed E-state index contributed by atoms with van der Waals surface area (Å²) in [4.78, 5) is 18.6. The maximum Gasteiger partial charge on any atom is 0.255 e. The lowest BCUT2D eigenvalue weighted by Gasteiger charge is -2.28. The van der Waals surface area contributed by atoms with Gasteiger partial charge >= 0.3 is 0 Å². The standard InChI is InChI=1S/C44H53N3O9/c1-28-14-17-33-32(22-28)44(48)46-43(45-33)30-16-19-36(38(24-30)50-3)54-20-12-10-8-7-9-11-13-21-55-39-23-29(15-18-35(39)49-2)37-27-34(47-56-37)31-25-40(51-4)42(53-6)41(26-31)52-5/h14-19,22-26,37,43,45H,7-13,20-21,27H2,1-6H3,(H,46,48). The number of hydrogen-bond acceptors (Lipinski definition) is 11. The summed E-state index contributed by atoms with van der Waals surface area (Å²) in [5, 5.41) is 10.8. The van der Waals surface area contributed by atoms with Crippen molar-refractivity contribution in [1.29, 1.82) is 0 Å². The Bertz CT molecular complexity index is 1970. The number of rotatable bonds is 20. The first-order valence-corrected chi connectivity index (χ1v) is 19.2. The summed E-state index contributed by atoms with van der Waals surface area (Å²) in [6.07, 6.45) is 7.49. The zero-order valence-corrected chi connectivity index (χ0v) is 33.2. The summed E-state index contributed by atoms with van der Waals surface area (Å²) >= 11 is 0. The lowest BCUT2D eigenvalue weighted by molar-refractivity contribution is 0.0854. The first-order valence-electron chi connectivity index (χ1n) is 19.2. The Labute approximate surface area is 329 Å². The molecule has 2 heterocycles. The first kappa shape index (κ1) is 39.9. The minimum absolute atomic E-state index is 0.0983. The van der Waals surface area contributed by atoms with Crippen LogP contribution in [-0.2, 0) is 4.84 Å². The van der Waals surface area contributed by atoms with Crippen molar-refractivity contribution in [2.75, 3.05) is 54.1 Å². The van der Waals surface area contributed by atoms with E-state index in [-0.39, 0.29) is 18.2 Å². The molecule has 0 saturated heterocycles. The molecule has 4 aromatic carbocycles. The fourth-order valence-corrected chi connectivity index (χ4v) is 6.95. The Morgan fingerprint density at radius 1 is 0.625 bits per heavy atom. The highest BCUT2D eigenvalue weighted by molar-refractivity contribution is 6.03. The topological polar surface area (TPSA) is 127 Å². The van der Waals surface area contributed by atoms with E-state index in [0.29, 0.717) is 65.4 Å². The van der Waals surface area contributed by atoms with E-state index in [9.17, 15) is 4.79 Å². The molecule has 2 atom stereocenters. The second-order valence-electron chi connectivity index (χ2n) is 13.8. The monoisotopic (exact) mass is 767 g/mol. The number of fused-ring (bicyclic) bond motifs is 1. The Hall–Kier alpha value is -5.78. The van der Waals surface area contributed by atoms with Crippen molar-refractivity contribution >= 4 is 17.3 Å². The molecule has 4 aromatic rings. The average Bonchev–Trinajstić information content (AvgIpc) is 3.73. The Morgan fingerprint density at radius 2 is 1.23 bits per heavy atom. The third kappa shape index (κ3) is 9.53. The van der Waals surface area contributed by atoms with Crippen LogP contribution in [0.25, 0.3) is 0 Å². The molecule has 0 radical (unpaired) electrons. The van der Waals surface area contributed by atoms with Crippen LogP contribution in [0.2, 0.25) is 0 Å². The van der Waals surface area contributed by atoms with Gasteiger partial charge in [-0.25, -0.2) is 0 Å². The van der Waals surface area contributed by atoms with Gasteiger partial charge < -0.3 is 48.6 Å². The van der Waals surface area contributed by atoms with Gasteiger partial charge in [0.1, 0.15) is 6.17 Å². The van der Waals surface area contributed by atoms with Gasteiger partial charge in [-0.2, -0.15) is 0 Å². The number of methoxy groups -OCH3 is 5. The molecule has 0 aliphatic carbocycles. The molecular formula is C44H53N3O9. The number of nitrogens with one attached hydrogen (secondary N) is 2. The van der Waals surface area contributed by atoms with Crippen molar-refractivity contribution in [1.82, 2.24) is 5.32 Å². The van der Waals surface area contributed by atoms with Crippen LogP contribution in [0.1, 0.15) is 96.2 Å². The van der Waals surface area contributed by atoms with Crippen LogP contribution in [-0.4, -0.2) is 60.4 Å². The molecule has 0 fully saturated rings. The summed E-state index contributed by atoms with van der Waals surface area (Å²) < 4.78 is 40.0. The SMILES string of the molecule is COc1cc(C2NC(=O)c3cc(C)ccc3N2)ccc1OCCCCCCCCCOc1cc(C2CC(c3cc(OC)c(OC)c(OC)c3)=NO2)ccc1OC. The first-order chi connectivity index (χ1) is 27.3. The number of anilines is 1. The number of carbonyl (C=O) groups excluding carboxylic acids is 1. The van der Waals surface area contributed by atoms with Crippen LogP contribution in [0.15, 0.2) is 71.9 Å². The summed E-state index contributed by atoms with van der Waals surface area (Å²) in [7, 11) is 8.04. The van der Waals surface area contributed by atoms with Crippen LogP contribution in [0.3, 0.4) is 0 Å². The predicted molar refractivity (Wildman–Crippen MR) is 215 cm³/mol. The van der Waals surface area contributed by atoms with E-state index in [0.717, 1.165) is 78.6 Å². The minimum Gasteiger partial charge on any atom is -0.493 e. The van der Waals surface area contributed by atoms with E-state index in [1.165, 1.54) is 0 Å². The van der Waals surface area contributed by atoms with Gasteiger partial charge in [-0.15, -0.1) is 0 Å². The van der Waals surface area contributed by atoms with E-state index in [4.69, 9.17) is 38.0 Å². The second-order valence-corrected chi connectivity index (χ2v) is 13.8. The van der Waals surface area contributed by atoms with Gasteiger partial charge in [0.15, 0.2) is 40.6 Å². The number of amides is 1. The molecule has 0 bridgehead atoms. The highest BCUT2D eigenvalue weighted by Crippen LogP contribution is 2.41. The van der Waals surface area contributed by atoms with Crippen molar-refractivity contribution in [3.05, 3.63) is 94.5 Å². The van der Waals surface area contributed by atoms with Crippen molar-refractivity contribution in [2.24, 2.45) is 5.16 Å². The zero-order valence-electron chi connectivity index (χ0n) is 33.2. The molecule has 6 rings (SSSR count). The molecule has 1 amide bonds. The van der Waals surface area contributed by atoms with E-state index in [1.807, 2.05) is 73.7 Å². The number of nitrogens with zero attached hydrogens (tertiary/aromatic N) is 1. The maximum absolute atomic E-state index is 12.7. The van der Waals surface area contributed by atoms with Crippen molar-refractivity contribution in [2.45, 2.75) is 70.6 Å². The summed E-state index contributed by atoms with van der Waals surface area (Å²) in [5.74, 6) is 4.27. The Kier molecular flexibility index (Phi) is 13.7. The highest BCUT2D eigenvalue weighted by Gasteiger charge is 2.28. The fourth-order valence-electron chi connectivity index (χ4n) is 6.95. The number of aryl methyl sites for hydroxylation is 1. The molecule has 12 heteroatoms. The van der Waals surface area contributed by atoms with Gasteiger partial charge in [0.2, 0.25) is 5.75 Å². The van der Waals surface area contributed by atoms with Crippen molar-refractivity contribution < 1.29 is 42.8 Å². The molecule has 2 aliphatic heterocycles. The van der Waals surface area contributed by atoms with Crippen LogP contribution >= 0.6 is 0 Å². The summed E-state index contributed by atoms with van der Waals surface area (Å²) in [6, 6.07) is 21.2. The third-order valence-corrected chi connectivity index (χ3v) is 10.0. The van der Waals surface area contributed by atoms with Crippen LogP contribution in [0, 0.1) is 6.92 Å². The predicted octanol–water partition coefficient (Wildman–Crippen LogP) is 8.95. The minimum atomic E-state index is -0.355. The number of carbonyl (C=O) groups is 1. The smallest absolute Gasteiger partial charge is 0.255 e. The molecule has 298 valence electrons. The molecule has 12 nitrogen and oxygen atoms in total. The van der Waals surface area contributed by atoms with E-state index < -0.39 is 0 Å². The average molecular weight is 768 g/mol. The number of ether oxygens (including phenoxy) is 7. The quantitative estimate of drug-likeness (QED) is 0.0842. The van der Waals surface area contributed by atoms with Crippen LogP contribution in [0.4, 0.5) is 5.69 Å². The number of hydrogen-bond donors (Lipinski definition) is 2. The Balaban J connectivity index is 0.879. The molecule has 0 spiro atoms. The Morgan fingerprint density at radius 3 is 1.89 bits per heavy atom. The van der Waals surface area contributed by atoms with Gasteiger partial charge in [0.05, 0.1) is 60.0 Å². The highest BCUT2D eigenvalue weighted by atomic mass is 16.6. The van der Waals surface area contributed by atoms with E-state index in [1.54, 1.807) is 35.5 Å². The van der Waals surface area contributed by atoms with Gasteiger partial charge in [0, 0.05) is 17.7 Å². The van der Waals surface area contributed by atoms with Crippen LogP contribution < -0.4 is 43.8 Å². The molecular weight excluding hydrogens is 714 g/mol. The normalized spacial score (nSPS) is 15.8. The molecule has 2 aliphatic rings. The zero-order chi connectivity index (χ0) is 39.4. The van der Waals surface area contributed by atoms with Gasteiger partial charge in [-0.3, -0.25) is 4.79 Å². The van der Waals surface area contributed by atoms with Crippen LogP contribution in [0.5, 0.6) is 40.2 Å². The summed E-state index contributed by atoms with van der Waals surface area (Å²) in [5.41, 5.74) is 5.99. The second kappa shape index (κ2) is 19.2. The van der Waals surface area contributed by atoms with Gasteiger partial charge in [-0.1, -0.05) is 61.0 Å². The molecule has 2 unspecified atom stereocenters. The fraction of sp³-hybridized carbons (Fsp3) is 0.409. The van der Waals surface area contributed by atoms with Gasteiger partial charge in [0.25, 0.3) is 5.91 Å². The largest absolute Gasteiger partial charge is 0.493 e. The lowest BCUT2D eigenvalue weighted by atomic mass is 9.99. The molecule has 56 heavy (non-hydrogen) atoms.